The highest BCUT2D eigenvalue weighted by molar-refractivity contribution is 5.78. The van der Waals surface area contributed by atoms with E-state index in [0.29, 0.717) is 19.5 Å². The Bertz CT molecular complexity index is 972. The Morgan fingerprint density at radius 3 is 1.74 bits per heavy atom. The molecule has 31 heavy (non-hydrogen) atoms. The largest absolute Gasteiger partial charge is 0.444 e. The van der Waals surface area contributed by atoms with Crippen LogP contribution in [-0.2, 0) is 19.9 Å². The second-order valence-electron chi connectivity index (χ2n) is 8.04. The number of piperidine rings is 1. The normalized spacial score (nSPS) is 20.3. The van der Waals surface area contributed by atoms with Gasteiger partial charge in [0.15, 0.2) is 5.60 Å². The number of hydrogen-bond acceptors (Lipinski definition) is 4. The van der Waals surface area contributed by atoms with Crippen LogP contribution >= 0.6 is 0 Å². The van der Waals surface area contributed by atoms with Gasteiger partial charge >= 0.3 is 12.1 Å². The minimum atomic E-state index is -1.10. The molecule has 0 saturated carbocycles. The fourth-order valence-electron chi connectivity index (χ4n) is 4.60. The predicted octanol–water partition coefficient (Wildman–Crippen LogP) is 4.36. The molecule has 2 aliphatic heterocycles. The molecule has 0 N–H and O–H groups in total. The van der Waals surface area contributed by atoms with E-state index >= 15 is 0 Å². The highest BCUT2D eigenvalue weighted by Crippen LogP contribution is 2.41. The summed E-state index contributed by atoms with van der Waals surface area (Å²) in [5.41, 5.74) is 1.50. The van der Waals surface area contributed by atoms with E-state index in [1.54, 1.807) is 4.90 Å². The third kappa shape index (κ3) is 3.46. The van der Waals surface area contributed by atoms with E-state index in [2.05, 4.69) is 0 Å². The average molecular weight is 413 g/mol. The SMILES string of the molecule is O=C(OC(c1ccccc1)(c1ccccc1)c1ccccc1)[C@H]1C[C@@H]2CN(C1)C(=O)O2. The number of rotatable bonds is 5. The van der Waals surface area contributed by atoms with Crippen molar-refractivity contribution in [3.63, 3.8) is 0 Å². The first-order valence-corrected chi connectivity index (χ1v) is 10.5. The molecule has 0 aliphatic carbocycles. The van der Waals surface area contributed by atoms with Crippen molar-refractivity contribution in [3.05, 3.63) is 108 Å². The van der Waals surface area contributed by atoms with Crippen molar-refractivity contribution in [2.24, 2.45) is 5.92 Å². The second kappa shape index (κ2) is 7.91. The van der Waals surface area contributed by atoms with Gasteiger partial charge in [0, 0.05) is 29.7 Å². The number of benzene rings is 3. The first-order valence-electron chi connectivity index (χ1n) is 10.5. The minimum absolute atomic E-state index is 0.252. The van der Waals surface area contributed by atoms with Crippen molar-refractivity contribution in [1.82, 2.24) is 4.90 Å². The molecule has 2 bridgehead atoms. The first-order chi connectivity index (χ1) is 15.2. The van der Waals surface area contributed by atoms with Crippen LogP contribution in [0, 0.1) is 5.92 Å². The summed E-state index contributed by atoms with van der Waals surface area (Å²) in [6.07, 6.45) is -0.116. The number of carbonyl (C=O) groups is 2. The van der Waals surface area contributed by atoms with Gasteiger partial charge in [-0.1, -0.05) is 91.0 Å². The van der Waals surface area contributed by atoms with Crippen LogP contribution in [0.15, 0.2) is 91.0 Å². The molecule has 1 amide bonds. The molecule has 2 heterocycles. The van der Waals surface area contributed by atoms with E-state index in [-0.39, 0.29) is 18.2 Å². The van der Waals surface area contributed by atoms with Crippen LogP contribution in [0.1, 0.15) is 23.1 Å². The molecule has 5 rings (SSSR count). The van der Waals surface area contributed by atoms with Crippen molar-refractivity contribution >= 4 is 12.1 Å². The highest BCUT2D eigenvalue weighted by atomic mass is 16.6. The zero-order chi connectivity index (χ0) is 21.3. The second-order valence-corrected chi connectivity index (χ2v) is 8.04. The Balaban J connectivity index is 1.60. The summed E-state index contributed by atoms with van der Waals surface area (Å²) in [4.78, 5) is 27.1. The Morgan fingerprint density at radius 2 is 1.29 bits per heavy atom. The van der Waals surface area contributed by atoms with Gasteiger partial charge in [0.25, 0.3) is 0 Å². The lowest BCUT2D eigenvalue weighted by Crippen LogP contribution is -2.44. The van der Waals surface area contributed by atoms with E-state index in [9.17, 15) is 9.59 Å². The molecule has 2 fully saturated rings. The number of carbonyl (C=O) groups excluding carboxylic acids is 2. The van der Waals surface area contributed by atoms with E-state index in [1.165, 1.54) is 0 Å². The van der Waals surface area contributed by atoms with E-state index in [4.69, 9.17) is 9.47 Å². The Morgan fingerprint density at radius 1 is 0.806 bits per heavy atom. The summed E-state index contributed by atoms with van der Waals surface area (Å²) in [7, 11) is 0. The lowest BCUT2D eigenvalue weighted by Gasteiger charge is -2.37. The van der Waals surface area contributed by atoms with Gasteiger partial charge < -0.3 is 14.4 Å². The molecule has 3 aromatic carbocycles. The van der Waals surface area contributed by atoms with E-state index in [1.807, 2.05) is 91.0 Å². The van der Waals surface area contributed by atoms with Crippen LogP contribution in [0.5, 0.6) is 0 Å². The lowest BCUT2D eigenvalue weighted by atomic mass is 9.80. The van der Waals surface area contributed by atoms with Crippen LogP contribution in [0.3, 0.4) is 0 Å². The molecule has 2 aliphatic rings. The Labute approximate surface area is 181 Å². The van der Waals surface area contributed by atoms with Crippen LogP contribution < -0.4 is 0 Å². The van der Waals surface area contributed by atoms with Gasteiger partial charge in [-0.3, -0.25) is 4.79 Å². The maximum atomic E-state index is 13.5. The smallest absolute Gasteiger partial charge is 0.410 e. The lowest BCUT2D eigenvalue weighted by molar-refractivity contribution is -0.160. The number of amides is 1. The summed E-state index contributed by atoms with van der Waals surface area (Å²) < 4.78 is 11.8. The van der Waals surface area contributed by atoms with Crippen molar-refractivity contribution in [1.29, 1.82) is 0 Å². The summed E-state index contributed by atoms with van der Waals surface area (Å²) in [6, 6.07) is 29.4. The summed E-state index contributed by atoms with van der Waals surface area (Å²) in [5, 5.41) is 0. The molecule has 3 aromatic rings. The quantitative estimate of drug-likeness (QED) is 0.461. The number of ether oxygens (including phenoxy) is 2. The molecule has 2 atom stereocenters. The molecule has 5 nitrogen and oxygen atoms in total. The van der Waals surface area contributed by atoms with Crippen molar-refractivity contribution in [2.45, 2.75) is 18.1 Å². The number of esters is 1. The van der Waals surface area contributed by atoms with Crippen molar-refractivity contribution in [3.8, 4) is 0 Å². The van der Waals surface area contributed by atoms with Crippen molar-refractivity contribution < 1.29 is 19.1 Å². The van der Waals surface area contributed by atoms with Crippen LogP contribution in [0.2, 0.25) is 0 Å². The highest BCUT2D eigenvalue weighted by Gasteiger charge is 2.46. The van der Waals surface area contributed by atoms with Gasteiger partial charge in [-0.25, -0.2) is 4.79 Å². The Kier molecular flexibility index (Phi) is 4.94. The standard InChI is InChI=1S/C26H23NO4/c28-24(19-16-23-18-27(17-19)25(29)30-23)31-26(20-10-4-1-5-11-20,21-12-6-2-7-13-21)22-14-8-3-9-15-22/h1-15,19,23H,16-18H2/t19-,23+/m0/s1. The molecule has 0 radical (unpaired) electrons. The average Bonchev–Trinajstić information content (AvgIpc) is 3.09. The summed E-state index contributed by atoms with van der Waals surface area (Å²) in [5.74, 6) is -0.759. The fourth-order valence-corrected chi connectivity index (χ4v) is 4.60. The maximum absolute atomic E-state index is 13.5. The Hall–Kier alpha value is -3.60. The van der Waals surface area contributed by atoms with Gasteiger partial charge in [-0.15, -0.1) is 0 Å². The third-order valence-electron chi connectivity index (χ3n) is 6.07. The topological polar surface area (TPSA) is 55.8 Å². The first kappa shape index (κ1) is 19.4. The van der Waals surface area contributed by atoms with Crippen molar-refractivity contribution in [2.75, 3.05) is 13.1 Å². The van der Waals surface area contributed by atoms with Gasteiger partial charge in [0.05, 0.1) is 12.5 Å². The number of nitrogens with zero attached hydrogens (tertiary/aromatic N) is 1. The van der Waals surface area contributed by atoms with E-state index < -0.39 is 11.5 Å². The molecule has 156 valence electrons. The summed E-state index contributed by atoms with van der Waals surface area (Å²) >= 11 is 0. The van der Waals surface area contributed by atoms with Gasteiger partial charge in [0.2, 0.25) is 0 Å². The molecule has 0 unspecified atom stereocenters. The zero-order valence-corrected chi connectivity index (χ0v) is 17.0. The van der Waals surface area contributed by atoms with Crippen LogP contribution in [-0.4, -0.2) is 36.2 Å². The minimum Gasteiger partial charge on any atom is -0.444 e. The monoisotopic (exact) mass is 413 g/mol. The number of fused-ring (bicyclic) bond motifs is 2. The van der Waals surface area contributed by atoms with Crippen LogP contribution in [0.25, 0.3) is 0 Å². The molecular weight excluding hydrogens is 390 g/mol. The maximum Gasteiger partial charge on any atom is 0.410 e. The molecular formula is C26H23NO4. The zero-order valence-electron chi connectivity index (χ0n) is 17.0. The fraction of sp³-hybridized carbons (Fsp3) is 0.231. The van der Waals surface area contributed by atoms with Crippen LogP contribution in [0.4, 0.5) is 4.79 Å². The van der Waals surface area contributed by atoms with Gasteiger partial charge in [-0.05, 0) is 0 Å². The van der Waals surface area contributed by atoms with Gasteiger partial charge in [0.1, 0.15) is 6.10 Å². The molecule has 5 heteroatoms. The molecule has 2 saturated heterocycles. The van der Waals surface area contributed by atoms with E-state index in [0.717, 1.165) is 16.7 Å². The molecule has 0 aromatic heterocycles. The number of hydrogen-bond donors (Lipinski definition) is 0. The molecule has 0 spiro atoms. The third-order valence-corrected chi connectivity index (χ3v) is 6.07. The summed E-state index contributed by atoms with van der Waals surface area (Å²) in [6.45, 7) is 0.867. The predicted molar refractivity (Wildman–Crippen MR) is 115 cm³/mol. The van der Waals surface area contributed by atoms with Gasteiger partial charge in [-0.2, -0.15) is 0 Å².